The van der Waals surface area contributed by atoms with Crippen molar-refractivity contribution in [2.45, 2.75) is 68.7 Å². The molecular weight excluding hydrogens is 401 g/mol. The van der Waals surface area contributed by atoms with Crippen molar-refractivity contribution in [1.82, 2.24) is 0 Å². The van der Waals surface area contributed by atoms with Crippen molar-refractivity contribution in [3.63, 3.8) is 0 Å². The monoisotopic (exact) mass is 422 g/mol. The Balaban J connectivity index is 1.72. The molecule has 0 aliphatic carbocycles. The zero-order chi connectivity index (χ0) is 18.5. The summed E-state index contributed by atoms with van der Waals surface area (Å²) in [5.41, 5.74) is -0.347. The molecule has 140 valence electrons. The van der Waals surface area contributed by atoms with Gasteiger partial charge in [-0.2, -0.15) is 0 Å². The van der Waals surface area contributed by atoms with Gasteiger partial charge in [0.2, 0.25) is 0 Å². The number of benzene rings is 1. The van der Waals surface area contributed by atoms with Crippen molar-refractivity contribution < 1.29 is 27.4 Å². The molecule has 2 heterocycles. The molecule has 2 saturated heterocycles. The minimum Gasteiger partial charge on any atom is -0.405 e. The van der Waals surface area contributed by atoms with Gasteiger partial charge in [0.1, 0.15) is 5.75 Å². The van der Waals surface area contributed by atoms with Crippen molar-refractivity contribution >= 4 is 15.9 Å². The second-order valence-electron chi connectivity index (χ2n) is 7.36. The maximum absolute atomic E-state index is 12.5. The van der Waals surface area contributed by atoms with Crippen LogP contribution in [-0.4, -0.2) is 28.5 Å². The van der Waals surface area contributed by atoms with E-state index in [1.165, 1.54) is 12.1 Å². The van der Waals surface area contributed by atoms with Crippen LogP contribution in [0.4, 0.5) is 13.2 Å². The lowest BCUT2D eigenvalue weighted by Gasteiger charge is -2.35. The molecule has 2 bridgehead atoms. The van der Waals surface area contributed by atoms with E-state index in [4.69, 9.17) is 9.47 Å². The molecule has 0 saturated carbocycles. The number of rotatable bonds is 5. The molecule has 7 heteroatoms. The lowest BCUT2D eigenvalue weighted by Crippen LogP contribution is -2.44. The summed E-state index contributed by atoms with van der Waals surface area (Å²) in [6.45, 7) is 6.31. The SMILES string of the molecule is CC(C)[C@@]12C[C@H](OCc3ccccc3OC(F)(F)F)[C@@](C)(C[C@H]1Br)O2. The van der Waals surface area contributed by atoms with E-state index in [9.17, 15) is 13.2 Å². The average Bonchev–Trinajstić information content (AvgIpc) is 2.93. The van der Waals surface area contributed by atoms with Gasteiger partial charge in [0, 0.05) is 16.8 Å². The summed E-state index contributed by atoms with van der Waals surface area (Å²) in [4.78, 5) is 0.255. The van der Waals surface area contributed by atoms with E-state index in [0.29, 0.717) is 11.5 Å². The largest absolute Gasteiger partial charge is 0.573 e. The highest BCUT2D eigenvalue weighted by Crippen LogP contribution is 2.57. The van der Waals surface area contributed by atoms with Crippen molar-refractivity contribution in [1.29, 1.82) is 0 Å². The normalized spacial score (nSPS) is 34.7. The Bertz CT molecular complexity index is 636. The smallest absolute Gasteiger partial charge is 0.405 e. The molecule has 3 nitrogen and oxygen atoms in total. The van der Waals surface area contributed by atoms with Crippen LogP contribution in [0.2, 0.25) is 0 Å². The Labute approximate surface area is 154 Å². The van der Waals surface area contributed by atoms with E-state index in [1.807, 2.05) is 6.92 Å². The Hall–Kier alpha value is -0.790. The fourth-order valence-corrected chi connectivity index (χ4v) is 5.38. The summed E-state index contributed by atoms with van der Waals surface area (Å²) < 4.78 is 54.1. The molecule has 0 spiro atoms. The van der Waals surface area contributed by atoms with Crippen molar-refractivity contribution in [3.8, 4) is 5.75 Å². The minimum absolute atomic E-state index is 0.0526. The number of alkyl halides is 4. The number of ether oxygens (including phenoxy) is 3. The molecule has 2 fully saturated rings. The number of halogens is 4. The van der Waals surface area contributed by atoms with Gasteiger partial charge in [0.15, 0.2) is 0 Å². The molecule has 3 rings (SSSR count). The highest BCUT2D eigenvalue weighted by Gasteiger charge is 2.65. The highest BCUT2D eigenvalue weighted by atomic mass is 79.9. The maximum atomic E-state index is 12.5. The van der Waals surface area contributed by atoms with Crippen LogP contribution in [0, 0.1) is 5.92 Å². The van der Waals surface area contributed by atoms with Gasteiger partial charge in [0.05, 0.1) is 23.9 Å². The van der Waals surface area contributed by atoms with Crippen LogP contribution in [0.3, 0.4) is 0 Å². The van der Waals surface area contributed by atoms with Gasteiger partial charge in [-0.15, -0.1) is 13.2 Å². The molecular formula is C18H22BrF3O3. The van der Waals surface area contributed by atoms with Crippen LogP contribution < -0.4 is 4.74 Å². The van der Waals surface area contributed by atoms with Gasteiger partial charge < -0.3 is 14.2 Å². The summed E-state index contributed by atoms with van der Waals surface area (Å²) in [5.74, 6) is 0.0920. The fourth-order valence-electron chi connectivity index (χ4n) is 3.93. The van der Waals surface area contributed by atoms with E-state index >= 15 is 0 Å². The maximum Gasteiger partial charge on any atom is 0.573 e. The van der Waals surface area contributed by atoms with Crippen LogP contribution in [0.5, 0.6) is 5.75 Å². The second-order valence-corrected chi connectivity index (χ2v) is 8.46. The topological polar surface area (TPSA) is 27.7 Å². The van der Waals surface area contributed by atoms with Crippen molar-refractivity contribution in [2.24, 2.45) is 5.92 Å². The van der Waals surface area contributed by atoms with Gasteiger partial charge in [-0.25, -0.2) is 0 Å². The molecule has 2 aliphatic rings. The molecule has 0 radical (unpaired) electrons. The number of hydrogen-bond acceptors (Lipinski definition) is 3. The Morgan fingerprint density at radius 1 is 1.28 bits per heavy atom. The molecule has 2 aliphatic heterocycles. The molecule has 1 aromatic carbocycles. The molecule has 4 atom stereocenters. The minimum atomic E-state index is -4.72. The summed E-state index contributed by atoms with van der Waals surface area (Å²) in [6, 6.07) is 6.07. The van der Waals surface area contributed by atoms with Gasteiger partial charge in [0.25, 0.3) is 0 Å². The van der Waals surface area contributed by atoms with E-state index in [0.717, 1.165) is 12.8 Å². The molecule has 25 heavy (non-hydrogen) atoms. The molecule has 0 amide bonds. The number of para-hydroxylation sites is 1. The van der Waals surface area contributed by atoms with Gasteiger partial charge in [-0.1, -0.05) is 48.0 Å². The first-order valence-corrected chi connectivity index (χ1v) is 9.27. The summed E-state index contributed by atoms with van der Waals surface area (Å²) in [6.07, 6.45) is -3.35. The van der Waals surface area contributed by atoms with Crippen molar-refractivity contribution in [3.05, 3.63) is 29.8 Å². The first kappa shape index (κ1) is 19.0. The third-order valence-electron chi connectivity index (χ3n) is 5.34. The predicted molar refractivity (Wildman–Crippen MR) is 90.7 cm³/mol. The third-order valence-corrected chi connectivity index (χ3v) is 6.44. The van der Waals surface area contributed by atoms with Crippen LogP contribution >= 0.6 is 15.9 Å². The van der Waals surface area contributed by atoms with Crippen molar-refractivity contribution in [2.75, 3.05) is 0 Å². The first-order valence-electron chi connectivity index (χ1n) is 8.35. The standard InChI is InChI=1S/C18H22BrF3O3/c1-11(2)17-9-15(16(3,25-17)8-14(17)19)23-10-12-6-4-5-7-13(12)24-18(20,21)22/h4-7,11,14-15H,8-10H2,1-3H3/t14-,15+,16-,17+/m1/s1. The predicted octanol–water partition coefficient (Wildman–Crippen LogP) is 5.21. The number of fused-ring (bicyclic) bond motifs is 2. The zero-order valence-corrected chi connectivity index (χ0v) is 16.0. The molecule has 0 unspecified atom stereocenters. The van der Waals surface area contributed by atoms with Crippen LogP contribution in [0.25, 0.3) is 0 Å². The van der Waals surface area contributed by atoms with Gasteiger partial charge >= 0.3 is 6.36 Å². The summed E-state index contributed by atoms with van der Waals surface area (Å²) in [7, 11) is 0. The summed E-state index contributed by atoms with van der Waals surface area (Å²) >= 11 is 3.73. The van der Waals surface area contributed by atoms with E-state index < -0.39 is 12.0 Å². The zero-order valence-electron chi connectivity index (χ0n) is 14.4. The van der Waals surface area contributed by atoms with Gasteiger partial charge in [-0.05, 0) is 25.3 Å². The first-order chi connectivity index (χ1) is 11.6. The highest BCUT2D eigenvalue weighted by molar-refractivity contribution is 9.09. The lowest BCUT2D eigenvalue weighted by atomic mass is 9.75. The second kappa shape index (κ2) is 6.43. The quantitative estimate of drug-likeness (QED) is 0.609. The van der Waals surface area contributed by atoms with Crippen LogP contribution in [-0.2, 0) is 16.1 Å². The molecule has 0 aromatic heterocycles. The molecule has 1 aromatic rings. The summed E-state index contributed by atoms with van der Waals surface area (Å²) in [5, 5.41) is 0. The average molecular weight is 423 g/mol. The van der Waals surface area contributed by atoms with E-state index in [-0.39, 0.29) is 28.9 Å². The lowest BCUT2D eigenvalue weighted by molar-refractivity contribution is -0.275. The Morgan fingerprint density at radius 3 is 2.56 bits per heavy atom. The van der Waals surface area contributed by atoms with E-state index in [2.05, 4.69) is 34.5 Å². The fraction of sp³-hybridized carbons (Fsp3) is 0.667. The molecule has 0 N–H and O–H groups in total. The Kier molecular flexibility index (Phi) is 4.88. The van der Waals surface area contributed by atoms with Crippen LogP contribution in [0.1, 0.15) is 39.2 Å². The third kappa shape index (κ3) is 3.55. The number of hydrogen-bond donors (Lipinski definition) is 0. The van der Waals surface area contributed by atoms with Gasteiger partial charge in [-0.3, -0.25) is 0 Å². The Morgan fingerprint density at radius 2 is 1.96 bits per heavy atom. The van der Waals surface area contributed by atoms with E-state index in [1.54, 1.807) is 12.1 Å². The van der Waals surface area contributed by atoms with Crippen LogP contribution in [0.15, 0.2) is 24.3 Å².